The fourth-order valence-corrected chi connectivity index (χ4v) is 3.34. The van der Waals surface area contributed by atoms with Gasteiger partial charge in [-0.05, 0) is 31.8 Å². The second-order valence-electron chi connectivity index (χ2n) is 6.06. The van der Waals surface area contributed by atoms with Crippen LogP contribution in [0.15, 0.2) is 0 Å². The van der Waals surface area contributed by atoms with Gasteiger partial charge in [0.05, 0.1) is 6.54 Å². The first kappa shape index (κ1) is 13.5. The van der Waals surface area contributed by atoms with E-state index in [9.17, 15) is 0 Å². The van der Waals surface area contributed by atoms with E-state index < -0.39 is 0 Å². The molecule has 20 heavy (non-hydrogen) atoms. The van der Waals surface area contributed by atoms with Crippen LogP contribution < -0.4 is 16.0 Å². The van der Waals surface area contributed by atoms with Crippen LogP contribution in [0.1, 0.15) is 12.7 Å². The molecule has 2 fully saturated rings. The van der Waals surface area contributed by atoms with Crippen LogP contribution in [0, 0.1) is 11.8 Å². The standard InChI is InChI=1S/C13H23N7/c1-8-10-5-15-4-9(10)6-20(8)7-11-16-12(14)18-13(17-11)19(2)3/h8-10,15H,4-7H2,1-3H3,(H2,14,16,17,18). The molecule has 3 atom stereocenters. The zero-order chi connectivity index (χ0) is 14.3. The maximum atomic E-state index is 5.78. The van der Waals surface area contributed by atoms with E-state index in [1.165, 1.54) is 0 Å². The Morgan fingerprint density at radius 1 is 1.30 bits per heavy atom. The molecule has 110 valence electrons. The number of fused-ring (bicyclic) bond motifs is 1. The van der Waals surface area contributed by atoms with Gasteiger partial charge in [0.1, 0.15) is 5.82 Å². The summed E-state index contributed by atoms with van der Waals surface area (Å²) in [6, 6.07) is 0.566. The lowest BCUT2D eigenvalue weighted by Gasteiger charge is -2.23. The molecule has 3 rings (SSSR count). The molecule has 1 aromatic rings. The minimum absolute atomic E-state index is 0.299. The predicted molar refractivity (Wildman–Crippen MR) is 78.3 cm³/mol. The molecule has 0 aliphatic carbocycles. The topological polar surface area (TPSA) is 83.2 Å². The van der Waals surface area contributed by atoms with Crippen LogP contribution in [0.2, 0.25) is 0 Å². The average molecular weight is 277 g/mol. The monoisotopic (exact) mass is 277 g/mol. The van der Waals surface area contributed by atoms with Gasteiger partial charge in [-0.3, -0.25) is 4.90 Å². The first-order valence-corrected chi connectivity index (χ1v) is 7.17. The molecule has 3 unspecified atom stereocenters. The lowest BCUT2D eigenvalue weighted by molar-refractivity contribution is 0.226. The van der Waals surface area contributed by atoms with Crippen molar-refractivity contribution in [1.82, 2.24) is 25.2 Å². The second kappa shape index (κ2) is 5.14. The number of nitrogens with one attached hydrogen (secondary N) is 1. The van der Waals surface area contributed by atoms with Gasteiger partial charge in [-0.15, -0.1) is 0 Å². The van der Waals surface area contributed by atoms with E-state index in [1.807, 2.05) is 19.0 Å². The van der Waals surface area contributed by atoms with Crippen molar-refractivity contribution in [3.8, 4) is 0 Å². The smallest absolute Gasteiger partial charge is 0.229 e. The minimum atomic E-state index is 0.299. The number of rotatable bonds is 3. The van der Waals surface area contributed by atoms with Gasteiger partial charge >= 0.3 is 0 Å². The molecule has 0 bridgehead atoms. The highest BCUT2D eigenvalue weighted by Gasteiger charge is 2.41. The summed E-state index contributed by atoms with van der Waals surface area (Å²) in [7, 11) is 3.82. The molecule has 0 radical (unpaired) electrons. The highest BCUT2D eigenvalue weighted by atomic mass is 15.3. The summed E-state index contributed by atoms with van der Waals surface area (Å²) in [5.41, 5.74) is 5.78. The Bertz CT molecular complexity index is 490. The van der Waals surface area contributed by atoms with Gasteiger partial charge in [-0.25, -0.2) is 0 Å². The van der Waals surface area contributed by atoms with E-state index >= 15 is 0 Å². The Kier molecular flexibility index (Phi) is 3.47. The van der Waals surface area contributed by atoms with Crippen molar-refractivity contribution in [2.45, 2.75) is 19.5 Å². The molecular weight excluding hydrogens is 254 g/mol. The molecule has 0 spiro atoms. The molecule has 2 saturated heterocycles. The zero-order valence-corrected chi connectivity index (χ0v) is 12.4. The third kappa shape index (κ3) is 2.43. The van der Waals surface area contributed by atoms with Crippen molar-refractivity contribution >= 4 is 11.9 Å². The Hall–Kier alpha value is -1.47. The molecular formula is C13H23N7. The second-order valence-corrected chi connectivity index (χ2v) is 6.06. The van der Waals surface area contributed by atoms with Gasteiger partial charge in [-0.1, -0.05) is 0 Å². The van der Waals surface area contributed by atoms with Gasteiger partial charge in [0.25, 0.3) is 0 Å². The summed E-state index contributed by atoms with van der Waals surface area (Å²) >= 11 is 0. The fourth-order valence-electron chi connectivity index (χ4n) is 3.34. The lowest BCUT2D eigenvalue weighted by Crippen LogP contribution is -2.33. The van der Waals surface area contributed by atoms with Gasteiger partial charge in [0.2, 0.25) is 11.9 Å². The van der Waals surface area contributed by atoms with Crippen LogP contribution in [0.3, 0.4) is 0 Å². The van der Waals surface area contributed by atoms with Gasteiger partial charge < -0.3 is 16.0 Å². The molecule has 3 N–H and O–H groups in total. The molecule has 0 amide bonds. The van der Waals surface area contributed by atoms with Crippen LogP contribution in [0.5, 0.6) is 0 Å². The van der Waals surface area contributed by atoms with Crippen molar-refractivity contribution in [3.05, 3.63) is 5.82 Å². The lowest BCUT2D eigenvalue weighted by atomic mass is 9.95. The highest BCUT2D eigenvalue weighted by molar-refractivity contribution is 5.32. The van der Waals surface area contributed by atoms with Gasteiger partial charge in [0.15, 0.2) is 0 Å². The summed E-state index contributed by atoms with van der Waals surface area (Å²) in [4.78, 5) is 17.2. The van der Waals surface area contributed by atoms with Crippen molar-refractivity contribution in [2.75, 3.05) is 44.4 Å². The summed E-state index contributed by atoms with van der Waals surface area (Å²) in [6.07, 6.45) is 0. The van der Waals surface area contributed by atoms with Crippen molar-refractivity contribution < 1.29 is 0 Å². The normalized spacial score (nSPS) is 29.6. The zero-order valence-electron chi connectivity index (χ0n) is 12.4. The number of anilines is 2. The molecule has 2 aliphatic rings. The van der Waals surface area contributed by atoms with Crippen LogP contribution in [-0.2, 0) is 6.54 Å². The van der Waals surface area contributed by atoms with Crippen LogP contribution >= 0.6 is 0 Å². The minimum Gasteiger partial charge on any atom is -0.368 e. The molecule has 3 heterocycles. The molecule has 2 aliphatic heterocycles. The Labute approximate surface area is 119 Å². The first-order valence-electron chi connectivity index (χ1n) is 7.17. The van der Waals surface area contributed by atoms with E-state index in [-0.39, 0.29) is 0 Å². The fraction of sp³-hybridized carbons (Fsp3) is 0.769. The highest BCUT2D eigenvalue weighted by Crippen LogP contribution is 2.32. The number of hydrogen-bond acceptors (Lipinski definition) is 7. The number of likely N-dealkylation sites (tertiary alicyclic amines) is 1. The summed E-state index contributed by atoms with van der Waals surface area (Å²) in [5.74, 6) is 3.20. The molecule has 0 saturated carbocycles. The van der Waals surface area contributed by atoms with E-state index in [4.69, 9.17) is 5.73 Å². The average Bonchev–Trinajstić information content (AvgIpc) is 2.94. The van der Waals surface area contributed by atoms with Crippen molar-refractivity contribution in [1.29, 1.82) is 0 Å². The van der Waals surface area contributed by atoms with Crippen LogP contribution in [-0.4, -0.2) is 59.6 Å². The van der Waals surface area contributed by atoms with E-state index in [0.29, 0.717) is 17.9 Å². The van der Waals surface area contributed by atoms with Crippen LogP contribution in [0.4, 0.5) is 11.9 Å². The molecule has 1 aromatic heterocycles. The van der Waals surface area contributed by atoms with E-state index in [1.54, 1.807) is 0 Å². The molecule has 7 nitrogen and oxygen atoms in total. The summed E-state index contributed by atoms with van der Waals surface area (Å²) < 4.78 is 0. The van der Waals surface area contributed by atoms with Crippen molar-refractivity contribution in [3.63, 3.8) is 0 Å². The third-order valence-corrected chi connectivity index (χ3v) is 4.49. The number of aromatic nitrogens is 3. The molecule has 0 aromatic carbocycles. The van der Waals surface area contributed by atoms with Gasteiger partial charge in [0, 0.05) is 26.7 Å². The first-order chi connectivity index (χ1) is 9.54. The Morgan fingerprint density at radius 2 is 2.10 bits per heavy atom. The Morgan fingerprint density at radius 3 is 2.80 bits per heavy atom. The van der Waals surface area contributed by atoms with Crippen molar-refractivity contribution in [2.24, 2.45) is 11.8 Å². The largest absolute Gasteiger partial charge is 0.368 e. The van der Waals surface area contributed by atoms with E-state index in [2.05, 4.69) is 32.1 Å². The summed E-state index contributed by atoms with van der Waals surface area (Å²) in [6.45, 7) is 6.43. The SMILES string of the molecule is CC1C2CNCC2CN1Cc1nc(N)nc(N(C)C)n1. The maximum Gasteiger partial charge on any atom is 0.229 e. The number of nitrogens with two attached hydrogens (primary N) is 1. The Balaban J connectivity index is 1.75. The van der Waals surface area contributed by atoms with Crippen LogP contribution in [0.25, 0.3) is 0 Å². The predicted octanol–water partition coefficient (Wildman–Crippen LogP) is -0.440. The number of nitrogen functional groups attached to an aromatic ring is 1. The number of hydrogen-bond donors (Lipinski definition) is 2. The molecule has 7 heteroatoms. The summed E-state index contributed by atoms with van der Waals surface area (Å²) in [5, 5.41) is 3.48. The van der Waals surface area contributed by atoms with Gasteiger partial charge in [-0.2, -0.15) is 15.0 Å². The quantitative estimate of drug-likeness (QED) is 0.775. The maximum absolute atomic E-state index is 5.78. The van der Waals surface area contributed by atoms with E-state index in [0.717, 1.165) is 43.8 Å². The third-order valence-electron chi connectivity index (χ3n) is 4.49. The number of nitrogens with zero attached hydrogens (tertiary/aromatic N) is 5.